The number of aryl methyl sites for hydroxylation is 1. The van der Waals surface area contributed by atoms with Gasteiger partial charge in [-0.1, -0.05) is 0 Å². The third-order valence-electron chi connectivity index (χ3n) is 2.87. The van der Waals surface area contributed by atoms with E-state index in [2.05, 4.69) is 4.98 Å². The highest BCUT2D eigenvalue weighted by molar-refractivity contribution is 5.85. The molecule has 82 valence electrons. The fourth-order valence-corrected chi connectivity index (χ4v) is 1.81. The van der Waals surface area contributed by atoms with Crippen molar-refractivity contribution in [1.82, 2.24) is 9.55 Å². The average molecular weight is 208 g/mol. The first kappa shape index (κ1) is 10.4. The number of ether oxygens (including phenoxy) is 1. The predicted octanol–water partition coefficient (Wildman–Crippen LogP) is 0.957. The SMILES string of the molecule is COC(C(=O)Cc1nccn1C)C1CC1. The normalized spacial score (nSPS) is 17.7. The maximum atomic E-state index is 11.9. The monoisotopic (exact) mass is 208 g/mol. The van der Waals surface area contributed by atoms with E-state index in [4.69, 9.17) is 4.74 Å². The molecule has 1 aromatic heterocycles. The van der Waals surface area contributed by atoms with Gasteiger partial charge in [0.25, 0.3) is 0 Å². The summed E-state index contributed by atoms with van der Waals surface area (Å²) in [6, 6.07) is 0. The maximum absolute atomic E-state index is 11.9. The van der Waals surface area contributed by atoms with Gasteiger partial charge in [0.2, 0.25) is 0 Å². The Morgan fingerprint density at radius 3 is 2.93 bits per heavy atom. The number of hydrogen-bond acceptors (Lipinski definition) is 3. The molecule has 0 aliphatic heterocycles. The van der Waals surface area contributed by atoms with Crippen molar-refractivity contribution < 1.29 is 9.53 Å². The quantitative estimate of drug-likeness (QED) is 0.723. The molecule has 1 fully saturated rings. The molecule has 1 unspecified atom stereocenters. The van der Waals surface area contributed by atoms with E-state index in [1.165, 1.54) is 0 Å². The van der Waals surface area contributed by atoms with Gasteiger partial charge in [0, 0.05) is 26.6 Å². The Labute approximate surface area is 89.3 Å². The van der Waals surface area contributed by atoms with Crippen LogP contribution >= 0.6 is 0 Å². The van der Waals surface area contributed by atoms with Crippen molar-refractivity contribution in [2.45, 2.75) is 25.4 Å². The van der Waals surface area contributed by atoms with Crippen LogP contribution in [0.1, 0.15) is 18.7 Å². The molecule has 2 rings (SSSR count). The minimum atomic E-state index is -0.221. The molecule has 0 amide bonds. The van der Waals surface area contributed by atoms with Crippen LogP contribution < -0.4 is 0 Å². The highest BCUT2D eigenvalue weighted by Crippen LogP contribution is 2.34. The second-order valence-electron chi connectivity index (χ2n) is 4.09. The minimum Gasteiger partial charge on any atom is -0.373 e. The molecule has 1 aliphatic carbocycles. The Bertz CT molecular complexity index is 355. The first-order valence-corrected chi connectivity index (χ1v) is 5.24. The average Bonchev–Trinajstić information content (AvgIpc) is 2.95. The van der Waals surface area contributed by atoms with Crippen LogP contribution in [0.5, 0.6) is 0 Å². The van der Waals surface area contributed by atoms with Gasteiger partial charge in [-0.2, -0.15) is 0 Å². The number of rotatable bonds is 5. The molecule has 1 atom stereocenters. The van der Waals surface area contributed by atoms with E-state index < -0.39 is 0 Å². The van der Waals surface area contributed by atoms with Crippen LogP contribution in [0.4, 0.5) is 0 Å². The summed E-state index contributed by atoms with van der Waals surface area (Å²) in [7, 11) is 3.51. The minimum absolute atomic E-state index is 0.148. The lowest BCUT2D eigenvalue weighted by atomic mass is 10.1. The molecule has 1 aromatic rings. The number of hydrogen-bond donors (Lipinski definition) is 0. The zero-order valence-corrected chi connectivity index (χ0v) is 9.14. The largest absolute Gasteiger partial charge is 0.373 e. The molecule has 0 bridgehead atoms. The second kappa shape index (κ2) is 4.14. The summed E-state index contributed by atoms with van der Waals surface area (Å²) in [5.41, 5.74) is 0. The lowest BCUT2D eigenvalue weighted by Crippen LogP contribution is -2.27. The Hall–Kier alpha value is -1.16. The van der Waals surface area contributed by atoms with Crippen molar-refractivity contribution in [1.29, 1.82) is 0 Å². The molecule has 0 aromatic carbocycles. The Morgan fingerprint density at radius 2 is 2.47 bits per heavy atom. The van der Waals surface area contributed by atoms with Gasteiger partial charge in [-0.15, -0.1) is 0 Å². The molecule has 0 saturated heterocycles. The second-order valence-corrected chi connectivity index (χ2v) is 4.09. The van der Waals surface area contributed by atoms with E-state index >= 15 is 0 Å². The lowest BCUT2D eigenvalue weighted by Gasteiger charge is -2.12. The van der Waals surface area contributed by atoms with E-state index in [0.29, 0.717) is 12.3 Å². The van der Waals surface area contributed by atoms with Crippen molar-refractivity contribution in [3.8, 4) is 0 Å². The van der Waals surface area contributed by atoms with Crippen LogP contribution in [0.2, 0.25) is 0 Å². The summed E-state index contributed by atoms with van der Waals surface area (Å²) in [6.07, 6.45) is 5.94. The molecule has 1 saturated carbocycles. The van der Waals surface area contributed by atoms with Crippen LogP contribution in [-0.2, 0) is 23.0 Å². The van der Waals surface area contributed by atoms with Crippen molar-refractivity contribution in [3.05, 3.63) is 18.2 Å². The van der Waals surface area contributed by atoms with Gasteiger partial charge in [0.15, 0.2) is 5.78 Å². The van der Waals surface area contributed by atoms with Gasteiger partial charge in [-0.05, 0) is 18.8 Å². The van der Waals surface area contributed by atoms with Gasteiger partial charge in [-0.3, -0.25) is 4.79 Å². The van der Waals surface area contributed by atoms with Crippen LogP contribution in [0.3, 0.4) is 0 Å². The van der Waals surface area contributed by atoms with E-state index in [0.717, 1.165) is 18.7 Å². The van der Waals surface area contributed by atoms with Gasteiger partial charge < -0.3 is 9.30 Å². The third-order valence-corrected chi connectivity index (χ3v) is 2.87. The van der Waals surface area contributed by atoms with Crippen molar-refractivity contribution in [2.75, 3.05) is 7.11 Å². The third kappa shape index (κ3) is 2.26. The summed E-state index contributed by atoms with van der Waals surface area (Å²) < 4.78 is 7.11. The number of imidazole rings is 1. The van der Waals surface area contributed by atoms with E-state index in [9.17, 15) is 4.79 Å². The van der Waals surface area contributed by atoms with Gasteiger partial charge in [0.05, 0.1) is 6.42 Å². The van der Waals surface area contributed by atoms with Crippen LogP contribution in [-0.4, -0.2) is 28.5 Å². The van der Waals surface area contributed by atoms with Gasteiger partial charge in [-0.25, -0.2) is 4.98 Å². The van der Waals surface area contributed by atoms with E-state index in [-0.39, 0.29) is 11.9 Å². The van der Waals surface area contributed by atoms with Crippen molar-refractivity contribution >= 4 is 5.78 Å². The molecule has 0 spiro atoms. The fourth-order valence-electron chi connectivity index (χ4n) is 1.81. The number of methoxy groups -OCH3 is 1. The number of nitrogens with zero attached hydrogens (tertiary/aromatic N) is 2. The van der Waals surface area contributed by atoms with Crippen molar-refractivity contribution in [2.24, 2.45) is 13.0 Å². The summed E-state index contributed by atoms with van der Waals surface area (Å²) in [4.78, 5) is 16.0. The molecule has 1 heterocycles. The number of aromatic nitrogens is 2. The Balaban J connectivity index is 1.99. The number of Topliss-reactive ketones (excluding diaryl/α,β-unsaturated/α-hetero) is 1. The number of carbonyl (C=O) groups is 1. The summed E-state index contributed by atoms with van der Waals surface area (Å²) >= 11 is 0. The lowest BCUT2D eigenvalue weighted by molar-refractivity contribution is -0.129. The first-order valence-electron chi connectivity index (χ1n) is 5.24. The maximum Gasteiger partial charge on any atom is 0.169 e. The van der Waals surface area contributed by atoms with Crippen LogP contribution in [0, 0.1) is 5.92 Å². The molecule has 0 N–H and O–H groups in total. The fraction of sp³-hybridized carbons (Fsp3) is 0.636. The van der Waals surface area contributed by atoms with E-state index in [1.54, 1.807) is 13.3 Å². The first-order chi connectivity index (χ1) is 7.22. The molecule has 4 nitrogen and oxygen atoms in total. The molecule has 0 radical (unpaired) electrons. The molecule has 15 heavy (non-hydrogen) atoms. The number of carbonyl (C=O) groups excluding carboxylic acids is 1. The van der Waals surface area contributed by atoms with Crippen LogP contribution in [0.15, 0.2) is 12.4 Å². The number of ketones is 1. The van der Waals surface area contributed by atoms with Crippen molar-refractivity contribution in [3.63, 3.8) is 0 Å². The predicted molar refractivity (Wildman–Crippen MR) is 55.4 cm³/mol. The highest BCUT2D eigenvalue weighted by atomic mass is 16.5. The van der Waals surface area contributed by atoms with Gasteiger partial charge in [0.1, 0.15) is 11.9 Å². The van der Waals surface area contributed by atoms with Crippen LogP contribution in [0.25, 0.3) is 0 Å². The zero-order valence-electron chi connectivity index (χ0n) is 9.14. The summed E-state index contributed by atoms with van der Waals surface area (Å²) in [5, 5.41) is 0. The standard InChI is InChI=1S/C11H16N2O2/c1-13-6-5-12-10(13)7-9(14)11(15-2)8-3-4-8/h5-6,8,11H,3-4,7H2,1-2H3. The molecule has 4 heteroatoms. The summed E-state index contributed by atoms with van der Waals surface area (Å²) in [5.74, 6) is 1.40. The topological polar surface area (TPSA) is 44.1 Å². The molecular weight excluding hydrogens is 192 g/mol. The smallest absolute Gasteiger partial charge is 0.169 e. The zero-order chi connectivity index (χ0) is 10.8. The molecule has 1 aliphatic rings. The van der Waals surface area contributed by atoms with E-state index in [1.807, 2.05) is 17.8 Å². The Kier molecular flexibility index (Phi) is 2.86. The highest BCUT2D eigenvalue weighted by Gasteiger charge is 2.36. The van der Waals surface area contributed by atoms with Gasteiger partial charge >= 0.3 is 0 Å². The summed E-state index contributed by atoms with van der Waals surface area (Å²) in [6.45, 7) is 0. The Morgan fingerprint density at radius 1 is 1.73 bits per heavy atom. The molecular formula is C11H16N2O2.